The Kier molecular flexibility index (Phi) is 5.10. The van der Waals surface area contributed by atoms with Gasteiger partial charge in [0.25, 0.3) is 5.91 Å². The van der Waals surface area contributed by atoms with Crippen molar-refractivity contribution in [2.24, 2.45) is 0 Å². The SMILES string of the molecule is O=C(NC(c1ccc(Cl)cc1)c1ccsc1)C1COCCO1. The van der Waals surface area contributed by atoms with Crippen molar-refractivity contribution < 1.29 is 14.3 Å². The fraction of sp³-hybridized carbons (Fsp3) is 0.312. The van der Waals surface area contributed by atoms with E-state index in [1.807, 2.05) is 41.1 Å². The highest BCUT2D eigenvalue weighted by molar-refractivity contribution is 7.08. The molecule has 1 aliphatic rings. The third-order valence-electron chi connectivity index (χ3n) is 3.47. The zero-order valence-corrected chi connectivity index (χ0v) is 13.4. The Bertz CT molecular complexity index is 609. The van der Waals surface area contributed by atoms with Crippen LogP contribution in [0.2, 0.25) is 5.02 Å². The van der Waals surface area contributed by atoms with Crippen molar-refractivity contribution in [1.82, 2.24) is 5.32 Å². The van der Waals surface area contributed by atoms with E-state index >= 15 is 0 Å². The van der Waals surface area contributed by atoms with Gasteiger partial charge >= 0.3 is 0 Å². The Balaban J connectivity index is 1.79. The Morgan fingerprint density at radius 3 is 2.68 bits per heavy atom. The molecular weight excluding hydrogens is 322 g/mol. The summed E-state index contributed by atoms with van der Waals surface area (Å²) in [5.41, 5.74) is 2.02. The molecule has 22 heavy (non-hydrogen) atoms. The summed E-state index contributed by atoms with van der Waals surface area (Å²) < 4.78 is 10.8. The van der Waals surface area contributed by atoms with Gasteiger partial charge in [-0.3, -0.25) is 4.79 Å². The fourth-order valence-electron chi connectivity index (χ4n) is 2.33. The van der Waals surface area contributed by atoms with E-state index in [1.165, 1.54) is 0 Å². The first-order valence-electron chi connectivity index (χ1n) is 7.01. The summed E-state index contributed by atoms with van der Waals surface area (Å²) in [6.45, 7) is 1.28. The average molecular weight is 338 g/mol. The lowest BCUT2D eigenvalue weighted by molar-refractivity contribution is -0.148. The van der Waals surface area contributed by atoms with Gasteiger partial charge in [-0.15, -0.1) is 0 Å². The van der Waals surface area contributed by atoms with Crippen LogP contribution in [-0.4, -0.2) is 31.8 Å². The quantitative estimate of drug-likeness (QED) is 0.933. The van der Waals surface area contributed by atoms with Crippen molar-refractivity contribution in [2.75, 3.05) is 19.8 Å². The summed E-state index contributed by atoms with van der Waals surface area (Å²) >= 11 is 7.54. The van der Waals surface area contributed by atoms with Gasteiger partial charge in [-0.1, -0.05) is 23.7 Å². The van der Waals surface area contributed by atoms with Crippen LogP contribution in [0.3, 0.4) is 0 Å². The first-order chi connectivity index (χ1) is 10.7. The highest BCUT2D eigenvalue weighted by atomic mass is 35.5. The highest BCUT2D eigenvalue weighted by Gasteiger charge is 2.26. The zero-order valence-electron chi connectivity index (χ0n) is 11.8. The summed E-state index contributed by atoms with van der Waals surface area (Å²) in [5.74, 6) is -0.161. The minimum Gasteiger partial charge on any atom is -0.376 e. The molecule has 1 saturated heterocycles. The van der Waals surface area contributed by atoms with Crippen molar-refractivity contribution in [3.63, 3.8) is 0 Å². The molecule has 0 bridgehead atoms. The summed E-state index contributed by atoms with van der Waals surface area (Å²) in [6.07, 6.45) is -0.554. The molecule has 1 N–H and O–H groups in total. The van der Waals surface area contributed by atoms with Gasteiger partial charge < -0.3 is 14.8 Å². The number of hydrogen-bond donors (Lipinski definition) is 1. The Labute approximate surface area is 138 Å². The average Bonchev–Trinajstić information content (AvgIpc) is 3.08. The molecule has 2 atom stereocenters. The molecule has 1 aliphatic heterocycles. The molecule has 2 heterocycles. The number of nitrogens with one attached hydrogen (secondary N) is 1. The lowest BCUT2D eigenvalue weighted by Crippen LogP contribution is -2.44. The lowest BCUT2D eigenvalue weighted by Gasteiger charge is -2.25. The summed E-state index contributed by atoms with van der Waals surface area (Å²) in [7, 11) is 0. The highest BCUT2D eigenvalue weighted by Crippen LogP contribution is 2.25. The molecule has 1 fully saturated rings. The van der Waals surface area contributed by atoms with E-state index in [1.54, 1.807) is 11.3 Å². The van der Waals surface area contributed by atoms with E-state index in [-0.39, 0.29) is 11.9 Å². The monoisotopic (exact) mass is 337 g/mol. The number of carbonyl (C=O) groups is 1. The molecule has 1 aromatic heterocycles. The molecule has 6 heteroatoms. The number of benzene rings is 1. The van der Waals surface area contributed by atoms with Crippen LogP contribution in [0.5, 0.6) is 0 Å². The number of halogens is 1. The number of rotatable bonds is 4. The van der Waals surface area contributed by atoms with Crippen LogP contribution < -0.4 is 5.32 Å². The third kappa shape index (κ3) is 3.67. The van der Waals surface area contributed by atoms with Crippen molar-refractivity contribution in [2.45, 2.75) is 12.1 Å². The largest absolute Gasteiger partial charge is 0.376 e. The van der Waals surface area contributed by atoms with E-state index in [0.717, 1.165) is 11.1 Å². The second-order valence-corrected chi connectivity index (χ2v) is 6.20. The van der Waals surface area contributed by atoms with E-state index in [4.69, 9.17) is 21.1 Å². The number of ether oxygens (including phenoxy) is 2. The van der Waals surface area contributed by atoms with Gasteiger partial charge in [0.05, 0.1) is 25.9 Å². The second-order valence-electron chi connectivity index (χ2n) is 4.98. The van der Waals surface area contributed by atoms with Crippen LogP contribution in [0.25, 0.3) is 0 Å². The molecule has 2 aromatic rings. The second kappa shape index (κ2) is 7.24. The van der Waals surface area contributed by atoms with Crippen LogP contribution in [0.15, 0.2) is 41.1 Å². The first kappa shape index (κ1) is 15.5. The maximum absolute atomic E-state index is 12.4. The van der Waals surface area contributed by atoms with Crippen molar-refractivity contribution in [3.8, 4) is 0 Å². The minimum absolute atomic E-state index is 0.161. The molecule has 1 aromatic carbocycles. The van der Waals surface area contributed by atoms with E-state index in [9.17, 15) is 4.79 Å². The first-order valence-corrected chi connectivity index (χ1v) is 8.33. The van der Waals surface area contributed by atoms with Crippen LogP contribution >= 0.6 is 22.9 Å². The topological polar surface area (TPSA) is 47.6 Å². The maximum Gasteiger partial charge on any atom is 0.252 e. The van der Waals surface area contributed by atoms with Crippen LogP contribution in [0, 0.1) is 0 Å². The molecule has 116 valence electrons. The lowest BCUT2D eigenvalue weighted by atomic mass is 10.0. The van der Waals surface area contributed by atoms with Gasteiger partial charge in [0.2, 0.25) is 0 Å². The molecule has 3 rings (SSSR count). The molecule has 1 amide bonds. The number of carbonyl (C=O) groups excluding carboxylic acids is 1. The molecule has 0 spiro atoms. The van der Waals surface area contributed by atoms with Gasteiger partial charge in [-0.25, -0.2) is 0 Å². The van der Waals surface area contributed by atoms with Gasteiger partial charge in [0.1, 0.15) is 0 Å². The Morgan fingerprint density at radius 1 is 1.23 bits per heavy atom. The van der Waals surface area contributed by atoms with Crippen LogP contribution in [0.1, 0.15) is 17.2 Å². The Morgan fingerprint density at radius 2 is 2.05 bits per heavy atom. The third-order valence-corrected chi connectivity index (χ3v) is 4.43. The van der Waals surface area contributed by atoms with Gasteiger partial charge in [0, 0.05) is 5.02 Å². The maximum atomic E-state index is 12.4. The zero-order chi connectivity index (χ0) is 15.4. The molecule has 2 unspecified atom stereocenters. The molecule has 0 aliphatic carbocycles. The molecular formula is C16H16ClNO3S. The fourth-order valence-corrected chi connectivity index (χ4v) is 3.14. The molecule has 4 nitrogen and oxygen atoms in total. The van der Waals surface area contributed by atoms with Gasteiger partial charge in [0.15, 0.2) is 6.10 Å². The normalized spacial score (nSPS) is 19.6. The van der Waals surface area contributed by atoms with Crippen molar-refractivity contribution >= 4 is 28.8 Å². The standard InChI is InChI=1S/C16H16ClNO3S/c17-13-3-1-11(2-4-13)15(12-5-8-22-10-12)18-16(19)14-9-20-6-7-21-14/h1-5,8,10,14-15H,6-7,9H2,(H,18,19). The predicted molar refractivity (Wildman–Crippen MR) is 86.3 cm³/mol. The van der Waals surface area contributed by atoms with Crippen LogP contribution in [0.4, 0.5) is 0 Å². The van der Waals surface area contributed by atoms with Gasteiger partial charge in [-0.05, 0) is 40.1 Å². The molecule has 0 saturated carbocycles. The predicted octanol–water partition coefficient (Wildman–Crippen LogP) is 3.02. The van der Waals surface area contributed by atoms with E-state index < -0.39 is 6.10 Å². The molecule has 0 radical (unpaired) electrons. The van der Waals surface area contributed by atoms with Crippen LogP contribution in [-0.2, 0) is 14.3 Å². The smallest absolute Gasteiger partial charge is 0.252 e. The number of hydrogen-bond acceptors (Lipinski definition) is 4. The Hall–Kier alpha value is -1.40. The summed E-state index contributed by atoms with van der Waals surface area (Å²) in [4.78, 5) is 12.4. The van der Waals surface area contributed by atoms with Gasteiger partial charge in [-0.2, -0.15) is 11.3 Å². The van der Waals surface area contributed by atoms with Crippen molar-refractivity contribution in [1.29, 1.82) is 0 Å². The number of thiophene rings is 1. The van der Waals surface area contributed by atoms with Crippen molar-refractivity contribution in [3.05, 3.63) is 57.2 Å². The summed E-state index contributed by atoms with van der Waals surface area (Å²) in [6, 6.07) is 9.27. The summed E-state index contributed by atoms with van der Waals surface area (Å²) in [5, 5.41) is 7.73. The van der Waals surface area contributed by atoms with E-state index in [2.05, 4.69) is 5.32 Å². The number of amides is 1. The minimum atomic E-state index is -0.554. The van der Waals surface area contributed by atoms with E-state index in [0.29, 0.717) is 24.8 Å².